The first kappa shape index (κ1) is 12.9. The largest absolute Gasteiger partial charge is 0.480 e. The van der Waals surface area contributed by atoms with E-state index < -0.39 is 11.5 Å². The number of hydrogen-bond acceptors (Lipinski definition) is 2. The first-order valence-corrected chi connectivity index (χ1v) is 6.64. The molecule has 0 saturated heterocycles. The maximum Gasteiger partial charge on any atom is 0.329 e. The highest BCUT2D eigenvalue weighted by molar-refractivity contribution is 5.83. The quantitative estimate of drug-likeness (QED) is 0.856. The van der Waals surface area contributed by atoms with E-state index in [1.54, 1.807) is 0 Å². The molecule has 1 aromatic rings. The summed E-state index contributed by atoms with van der Waals surface area (Å²) in [5, 5.41) is 12.8. The lowest BCUT2D eigenvalue weighted by Crippen LogP contribution is -2.44. The van der Waals surface area contributed by atoms with Gasteiger partial charge in [-0.15, -0.1) is 0 Å². The highest BCUT2D eigenvalue weighted by Gasteiger charge is 2.44. The van der Waals surface area contributed by atoms with Crippen molar-refractivity contribution >= 4 is 11.7 Å². The van der Waals surface area contributed by atoms with Crippen LogP contribution in [0.2, 0.25) is 0 Å². The third kappa shape index (κ3) is 2.50. The predicted molar refractivity (Wildman–Crippen MR) is 72.8 cm³/mol. The Kier molecular flexibility index (Phi) is 3.60. The van der Waals surface area contributed by atoms with E-state index in [1.807, 2.05) is 31.2 Å². The third-order valence-electron chi connectivity index (χ3n) is 4.00. The van der Waals surface area contributed by atoms with Crippen LogP contribution in [0.5, 0.6) is 0 Å². The summed E-state index contributed by atoms with van der Waals surface area (Å²) >= 11 is 0. The van der Waals surface area contributed by atoms with Crippen LogP contribution in [0.1, 0.15) is 38.2 Å². The summed E-state index contributed by atoms with van der Waals surface area (Å²) in [6, 6.07) is 7.92. The van der Waals surface area contributed by atoms with E-state index in [4.69, 9.17) is 0 Å². The Morgan fingerprint density at radius 2 is 2.33 bits per heavy atom. The molecule has 0 bridgehead atoms. The number of carboxylic acid groups (broad SMARTS) is 1. The highest BCUT2D eigenvalue weighted by Crippen LogP contribution is 2.39. The number of aryl methyl sites for hydroxylation is 1. The number of nitrogens with one attached hydrogen (secondary N) is 1. The van der Waals surface area contributed by atoms with Crippen molar-refractivity contribution in [3.05, 3.63) is 29.8 Å². The van der Waals surface area contributed by atoms with Crippen molar-refractivity contribution < 1.29 is 9.90 Å². The number of anilines is 1. The summed E-state index contributed by atoms with van der Waals surface area (Å²) in [6.45, 7) is 4.15. The molecule has 0 aliphatic heterocycles. The number of carboxylic acids is 1. The van der Waals surface area contributed by atoms with Crippen LogP contribution in [0.25, 0.3) is 0 Å². The van der Waals surface area contributed by atoms with Gasteiger partial charge in [0.2, 0.25) is 0 Å². The summed E-state index contributed by atoms with van der Waals surface area (Å²) in [5.41, 5.74) is 1.29. The molecule has 1 aliphatic rings. The Morgan fingerprint density at radius 1 is 1.56 bits per heavy atom. The van der Waals surface area contributed by atoms with E-state index in [2.05, 4.69) is 12.2 Å². The highest BCUT2D eigenvalue weighted by atomic mass is 16.4. The lowest BCUT2D eigenvalue weighted by atomic mass is 9.94. The van der Waals surface area contributed by atoms with Crippen molar-refractivity contribution in [1.29, 1.82) is 0 Å². The molecule has 1 saturated carbocycles. The van der Waals surface area contributed by atoms with Crippen LogP contribution in [0.15, 0.2) is 24.3 Å². The van der Waals surface area contributed by atoms with Crippen LogP contribution in [0.4, 0.5) is 5.69 Å². The number of rotatable bonds is 4. The maximum absolute atomic E-state index is 11.6. The van der Waals surface area contributed by atoms with Crippen LogP contribution < -0.4 is 5.32 Å². The van der Waals surface area contributed by atoms with Gasteiger partial charge in [-0.05, 0) is 49.8 Å². The average molecular weight is 247 g/mol. The molecule has 0 amide bonds. The second kappa shape index (κ2) is 5.01. The fourth-order valence-corrected chi connectivity index (χ4v) is 2.86. The van der Waals surface area contributed by atoms with Gasteiger partial charge >= 0.3 is 5.97 Å². The normalized spacial score (nSPS) is 27.1. The minimum atomic E-state index is -0.769. The van der Waals surface area contributed by atoms with Gasteiger partial charge in [-0.25, -0.2) is 4.79 Å². The molecule has 3 heteroatoms. The molecule has 0 spiro atoms. The summed E-state index contributed by atoms with van der Waals surface area (Å²) in [7, 11) is 0. The molecule has 18 heavy (non-hydrogen) atoms. The van der Waals surface area contributed by atoms with E-state index >= 15 is 0 Å². The van der Waals surface area contributed by atoms with Crippen molar-refractivity contribution in [2.75, 3.05) is 5.32 Å². The van der Waals surface area contributed by atoms with Crippen LogP contribution >= 0.6 is 0 Å². The first-order chi connectivity index (χ1) is 8.55. The molecule has 1 fully saturated rings. The van der Waals surface area contributed by atoms with Gasteiger partial charge in [-0.3, -0.25) is 0 Å². The molecule has 2 unspecified atom stereocenters. The van der Waals surface area contributed by atoms with E-state index in [-0.39, 0.29) is 0 Å². The molecule has 98 valence electrons. The number of benzene rings is 1. The molecule has 0 aromatic heterocycles. The summed E-state index contributed by atoms with van der Waals surface area (Å²) in [5.74, 6) is -0.196. The lowest BCUT2D eigenvalue weighted by molar-refractivity contribution is -0.142. The topological polar surface area (TPSA) is 49.3 Å². The lowest BCUT2D eigenvalue weighted by Gasteiger charge is -2.27. The van der Waals surface area contributed by atoms with E-state index in [0.717, 1.165) is 36.9 Å². The molecule has 2 rings (SSSR count). The van der Waals surface area contributed by atoms with Gasteiger partial charge in [0.05, 0.1) is 0 Å². The Morgan fingerprint density at radius 3 is 2.89 bits per heavy atom. The van der Waals surface area contributed by atoms with Crippen molar-refractivity contribution in [2.24, 2.45) is 5.92 Å². The second-order valence-electron chi connectivity index (χ2n) is 5.40. The molecular weight excluding hydrogens is 226 g/mol. The zero-order chi connectivity index (χ0) is 13.2. The van der Waals surface area contributed by atoms with Gasteiger partial charge in [0, 0.05) is 5.69 Å². The fourth-order valence-electron chi connectivity index (χ4n) is 2.86. The predicted octanol–water partition coefficient (Wildman–Crippen LogP) is 3.44. The Balaban J connectivity index is 2.20. The smallest absolute Gasteiger partial charge is 0.329 e. The molecule has 0 radical (unpaired) electrons. The molecule has 0 heterocycles. The minimum Gasteiger partial charge on any atom is -0.480 e. The molecule has 1 aromatic carbocycles. The number of hydrogen-bond donors (Lipinski definition) is 2. The van der Waals surface area contributed by atoms with Crippen LogP contribution in [-0.2, 0) is 4.79 Å². The standard InChI is InChI=1S/C15H21NO2/c1-3-12-7-8-15(10-12,14(17)18)16-13-6-4-5-11(2)9-13/h4-6,9,12,16H,3,7-8,10H2,1-2H3,(H,17,18). The van der Waals surface area contributed by atoms with Crippen LogP contribution in [-0.4, -0.2) is 16.6 Å². The average Bonchev–Trinajstić information content (AvgIpc) is 2.74. The first-order valence-electron chi connectivity index (χ1n) is 6.64. The van der Waals surface area contributed by atoms with Gasteiger partial charge in [0.1, 0.15) is 5.54 Å². The monoisotopic (exact) mass is 247 g/mol. The van der Waals surface area contributed by atoms with E-state index in [1.165, 1.54) is 0 Å². The molecule has 2 atom stereocenters. The summed E-state index contributed by atoms with van der Waals surface area (Å²) in [4.78, 5) is 11.6. The van der Waals surface area contributed by atoms with E-state index in [9.17, 15) is 9.90 Å². The van der Waals surface area contributed by atoms with Gasteiger partial charge in [0.15, 0.2) is 0 Å². The minimum absolute atomic E-state index is 0.526. The van der Waals surface area contributed by atoms with Gasteiger partial charge in [-0.2, -0.15) is 0 Å². The molecule has 3 nitrogen and oxygen atoms in total. The third-order valence-corrected chi connectivity index (χ3v) is 4.00. The molecule has 2 N–H and O–H groups in total. The second-order valence-corrected chi connectivity index (χ2v) is 5.40. The summed E-state index contributed by atoms with van der Waals surface area (Å²) < 4.78 is 0. The SMILES string of the molecule is CCC1CCC(Nc2cccc(C)c2)(C(=O)O)C1. The molecule has 1 aliphatic carbocycles. The molecular formula is C15H21NO2. The van der Waals surface area contributed by atoms with Crippen LogP contribution in [0.3, 0.4) is 0 Å². The van der Waals surface area contributed by atoms with Crippen molar-refractivity contribution in [1.82, 2.24) is 0 Å². The van der Waals surface area contributed by atoms with Gasteiger partial charge < -0.3 is 10.4 Å². The Bertz CT molecular complexity index is 444. The zero-order valence-corrected chi connectivity index (χ0v) is 11.1. The Labute approximate surface area is 108 Å². The van der Waals surface area contributed by atoms with Crippen molar-refractivity contribution in [2.45, 2.75) is 45.1 Å². The van der Waals surface area contributed by atoms with Gasteiger partial charge in [0.25, 0.3) is 0 Å². The number of carbonyl (C=O) groups is 1. The number of aliphatic carboxylic acids is 1. The fraction of sp³-hybridized carbons (Fsp3) is 0.533. The maximum atomic E-state index is 11.6. The van der Waals surface area contributed by atoms with E-state index in [0.29, 0.717) is 5.92 Å². The van der Waals surface area contributed by atoms with Crippen LogP contribution in [0, 0.1) is 12.8 Å². The Hall–Kier alpha value is -1.51. The van der Waals surface area contributed by atoms with Gasteiger partial charge in [-0.1, -0.05) is 25.5 Å². The van der Waals surface area contributed by atoms with Crippen molar-refractivity contribution in [3.8, 4) is 0 Å². The van der Waals surface area contributed by atoms with Crippen molar-refractivity contribution in [3.63, 3.8) is 0 Å². The zero-order valence-electron chi connectivity index (χ0n) is 11.1. The summed E-state index contributed by atoms with van der Waals surface area (Å²) in [6.07, 6.45) is 3.51.